The van der Waals surface area contributed by atoms with Crippen LogP contribution in [0.15, 0.2) is 30.6 Å². The monoisotopic (exact) mass is 389 g/mol. The second-order valence-corrected chi connectivity index (χ2v) is 8.09. The molecule has 9 nitrogen and oxygen atoms in total. The maximum Gasteiger partial charge on any atom is 0.360 e. The maximum atomic E-state index is 12.8. The van der Waals surface area contributed by atoms with Gasteiger partial charge in [-0.1, -0.05) is 0 Å². The summed E-state index contributed by atoms with van der Waals surface area (Å²) in [4.78, 5) is 39.7. The third-order valence-corrected chi connectivity index (χ3v) is 3.29. The Morgan fingerprint density at radius 3 is 1.93 bits per heavy atom. The Hall–Kier alpha value is -3.23. The van der Waals surface area contributed by atoms with Gasteiger partial charge in [0.15, 0.2) is 11.4 Å². The number of ether oxygens (including phenoxy) is 2. The van der Waals surface area contributed by atoms with Crippen LogP contribution in [0, 0.1) is 10.1 Å². The first-order chi connectivity index (χ1) is 12.8. The Morgan fingerprint density at radius 1 is 0.964 bits per heavy atom. The molecule has 0 bridgehead atoms. The highest BCUT2D eigenvalue weighted by Gasteiger charge is 2.31. The summed E-state index contributed by atoms with van der Waals surface area (Å²) in [5.74, 6) is -1.53. The number of carbonyl (C=O) groups excluding carboxylic acids is 2. The molecule has 0 aliphatic carbocycles. The SMILES string of the molecule is CC(C)(C)OC(=O)c1ncn(-c2ccc([N+](=O)[O-])cc2)c1C(=O)OC(C)(C)C. The first-order valence-corrected chi connectivity index (χ1v) is 8.57. The van der Waals surface area contributed by atoms with Gasteiger partial charge in [-0.25, -0.2) is 14.6 Å². The highest BCUT2D eigenvalue weighted by molar-refractivity contribution is 6.01. The quantitative estimate of drug-likeness (QED) is 0.445. The minimum absolute atomic E-state index is 0.102. The number of imidazole rings is 1. The molecule has 0 aliphatic heterocycles. The van der Waals surface area contributed by atoms with Gasteiger partial charge in [-0.05, 0) is 53.7 Å². The minimum Gasteiger partial charge on any atom is -0.455 e. The summed E-state index contributed by atoms with van der Waals surface area (Å²) >= 11 is 0. The van der Waals surface area contributed by atoms with Crippen molar-refractivity contribution in [2.75, 3.05) is 0 Å². The van der Waals surface area contributed by atoms with E-state index in [0.717, 1.165) is 0 Å². The van der Waals surface area contributed by atoms with Gasteiger partial charge in [-0.3, -0.25) is 14.7 Å². The van der Waals surface area contributed by atoms with Gasteiger partial charge in [0.05, 0.1) is 4.92 Å². The third kappa shape index (κ3) is 5.15. The van der Waals surface area contributed by atoms with Crippen LogP contribution in [0.2, 0.25) is 0 Å². The van der Waals surface area contributed by atoms with Gasteiger partial charge in [-0.15, -0.1) is 0 Å². The number of nitrogens with zero attached hydrogens (tertiary/aromatic N) is 3. The summed E-state index contributed by atoms with van der Waals surface area (Å²) in [6, 6.07) is 5.49. The van der Waals surface area contributed by atoms with E-state index in [4.69, 9.17) is 9.47 Å². The van der Waals surface area contributed by atoms with E-state index in [2.05, 4.69) is 4.98 Å². The molecule has 0 unspecified atom stereocenters. The number of aromatic nitrogens is 2. The molecule has 0 atom stereocenters. The Morgan fingerprint density at radius 2 is 1.46 bits per heavy atom. The third-order valence-electron chi connectivity index (χ3n) is 3.29. The van der Waals surface area contributed by atoms with Crippen molar-refractivity contribution >= 4 is 17.6 Å². The Balaban J connectivity index is 2.55. The molecule has 150 valence electrons. The molecule has 0 aliphatic rings. The summed E-state index contributed by atoms with van der Waals surface area (Å²) in [7, 11) is 0. The van der Waals surface area contributed by atoms with Crippen molar-refractivity contribution in [1.82, 2.24) is 9.55 Å². The summed E-state index contributed by atoms with van der Waals surface area (Å²) in [5, 5.41) is 10.9. The lowest BCUT2D eigenvalue weighted by atomic mass is 10.2. The second-order valence-electron chi connectivity index (χ2n) is 8.09. The number of nitro groups is 1. The zero-order chi connectivity index (χ0) is 21.3. The number of carbonyl (C=O) groups is 2. The van der Waals surface area contributed by atoms with Gasteiger partial charge in [0.1, 0.15) is 17.5 Å². The predicted octanol–water partition coefficient (Wildman–Crippen LogP) is 3.69. The number of hydrogen-bond acceptors (Lipinski definition) is 7. The number of non-ortho nitro benzene ring substituents is 1. The molecule has 28 heavy (non-hydrogen) atoms. The van der Waals surface area contributed by atoms with Crippen molar-refractivity contribution in [2.24, 2.45) is 0 Å². The van der Waals surface area contributed by atoms with Crippen LogP contribution in [0.4, 0.5) is 5.69 Å². The van der Waals surface area contributed by atoms with E-state index in [9.17, 15) is 19.7 Å². The van der Waals surface area contributed by atoms with Crippen molar-refractivity contribution < 1.29 is 24.0 Å². The van der Waals surface area contributed by atoms with E-state index in [1.807, 2.05) is 0 Å². The van der Waals surface area contributed by atoms with E-state index >= 15 is 0 Å². The van der Waals surface area contributed by atoms with E-state index in [1.54, 1.807) is 41.5 Å². The van der Waals surface area contributed by atoms with Crippen molar-refractivity contribution in [3.05, 3.63) is 52.1 Å². The van der Waals surface area contributed by atoms with E-state index in [0.29, 0.717) is 5.69 Å². The zero-order valence-electron chi connectivity index (χ0n) is 16.7. The molecule has 0 amide bonds. The molecule has 2 aromatic rings. The van der Waals surface area contributed by atoms with Crippen LogP contribution in [0.1, 0.15) is 62.5 Å². The Kier molecular flexibility index (Phi) is 5.58. The summed E-state index contributed by atoms with van der Waals surface area (Å²) in [6.45, 7) is 10.2. The van der Waals surface area contributed by atoms with E-state index < -0.39 is 28.1 Å². The standard InChI is InChI=1S/C19H23N3O6/c1-18(2,3)27-16(23)14-15(17(24)28-19(4,5)6)21(11-20-14)12-7-9-13(10-8-12)22(25)26/h7-11H,1-6H3. The van der Waals surface area contributed by atoms with Crippen LogP contribution in [0.3, 0.4) is 0 Å². The molecule has 2 rings (SSSR count). The van der Waals surface area contributed by atoms with Gasteiger partial charge in [-0.2, -0.15) is 0 Å². The largest absolute Gasteiger partial charge is 0.455 e. The van der Waals surface area contributed by atoms with Crippen molar-refractivity contribution in [1.29, 1.82) is 0 Å². The highest BCUT2D eigenvalue weighted by atomic mass is 16.6. The molecule has 0 fully saturated rings. The molecule has 9 heteroatoms. The fourth-order valence-electron chi connectivity index (χ4n) is 2.28. The molecular formula is C19H23N3O6. The first-order valence-electron chi connectivity index (χ1n) is 8.57. The van der Waals surface area contributed by atoms with Gasteiger partial charge in [0.2, 0.25) is 0 Å². The van der Waals surface area contributed by atoms with Gasteiger partial charge < -0.3 is 9.47 Å². The number of benzene rings is 1. The fourth-order valence-corrected chi connectivity index (χ4v) is 2.28. The van der Waals surface area contributed by atoms with Crippen LogP contribution in [0.25, 0.3) is 5.69 Å². The first kappa shape index (κ1) is 21.1. The molecule has 0 saturated carbocycles. The highest BCUT2D eigenvalue weighted by Crippen LogP contribution is 2.23. The normalized spacial score (nSPS) is 11.8. The molecule has 1 aromatic heterocycles. The van der Waals surface area contributed by atoms with Gasteiger partial charge >= 0.3 is 11.9 Å². The van der Waals surface area contributed by atoms with Crippen molar-refractivity contribution in [3.63, 3.8) is 0 Å². The molecule has 1 heterocycles. The number of nitro benzene ring substituents is 1. The lowest BCUT2D eigenvalue weighted by Gasteiger charge is -2.21. The molecule has 0 N–H and O–H groups in total. The Labute approximate surface area is 162 Å². The van der Waals surface area contributed by atoms with Crippen molar-refractivity contribution in [3.8, 4) is 5.69 Å². The minimum atomic E-state index is -0.799. The van der Waals surface area contributed by atoms with Crippen LogP contribution in [-0.4, -0.2) is 37.6 Å². The van der Waals surface area contributed by atoms with Crippen LogP contribution in [-0.2, 0) is 9.47 Å². The van der Waals surface area contributed by atoms with E-state index in [1.165, 1.54) is 35.2 Å². The average Bonchev–Trinajstić information content (AvgIpc) is 2.97. The lowest BCUT2D eigenvalue weighted by molar-refractivity contribution is -0.384. The summed E-state index contributed by atoms with van der Waals surface area (Å²) < 4.78 is 12.1. The topological polar surface area (TPSA) is 114 Å². The fraction of sp³-hybridized carbons (Fsp3) is 0.421. The molecule has 0 saturated heterocycles. The zero-order valence-corrected chi connectivity index (χ0v) is 16.7. The molecule has 1 aromatic carbocycles. The predicted molar refractivity (Wildman–Crippen MR) is 101 cm³/mol. The second kappa shape index (κ2) is 7.41. The van der Waals surface area contributed by atoms with Crippen LogP contribution in [0.5, 0.6) is 0 Å². The van der Waals surface area contributed by atoms with Crippen molar-refractivity contribution in [2.45, 2.75) is 52.7 Å². The number of esters is 2. The molecule has 0 radical (unpaired) electrons. The smallest absolute Gasteiger partial charge is 0.360 e. The Bertz CT molecular complexity index is 901. The number of hydrogen-bond donors (Lipinski definition) is 0. The lowest BCUT2D eigenvalue weighted by Crippen LogP contribution is -2.29. The van der Waals surface area contributed by atoms with Gasteiger partial charge in [0, 0.05) is 17.8 Å². The summed E-state index contributed by atoms with van der Waals surface area (Å²) in [6.07, 6.45) is 1.28. The summed E-state index contributed by atoms with van der Waals surface area (Å²) in [5.41, 5.74) is -1.57. The van der Waals surface area contributed by atoms with Crippen LogP contribution >= 0.6 is 0 Å². The average molecular weight is 389 g/mol. The molecule has 0 spiro atoms. The molecular weight excluding hydrogens is 366 g/mol. The maximum absolute atomic E-state index is 12.8. The van der Waals surface area contributed by atoms with E-state index in [-0.39, 0.29) is 17.1 Å². The number of rotatable bonds is 4. The van der Waals surface area contributed by atoms with Crippen LogP contribution < -0.4 is 0 Å². The van der Waals surface area contributed by atoms with Gasteiger partial charge in [0.25, 0.3) is 5.69 Å².